The van der Waals surface area contributed by atoms with Gasteiger partial charge < -0.3 is 73.6 Å². The van der Waals surface area contributed by atoms with Gasteiger partial charge in [0.2, 0.25) is 0 Å². The lowest BCUT2D eigenvalue weighted by atomic mass is 9.88. The second kappa shape index (κ2) is 25.9. The minimum absolute atomic E-state index is 0.00396. The van der Waals surface area contributed by atoms with Crippen LogP contribution < -0.4 is 0 Å². The molecule has 0 spiro atoms. The molecule has 0 aromatic carbocycles. The van der Waals surface area contributed by atoms with Crippen LogP contribution in [0.2, 0.25) is 0 Å². The fourth-order valence-electron chi connectivity index (χ4n) is 3.46. The largest absolute Gasteiger partial charge is 0.394 e. The van der Waals surface area contributed by atoms with E-state index in [0.29, 0.717) is 19.8 Å². The third kappa shape index (κ3) is 20.9. The maximum Gasteiger partial charge on any atom is 0.104 e. The fraction of sp³-hybridized carbons (Fsp3) is 1.00. The summed E-state index contributed by atoms with van der Waals surface area (Å²) in [6, 6.07) is 0. The van der Waals surface area contributed by atoms with Gasteiger partial charge in [-0.15, -0.1) is 0 Å². The Kier molecular flexibility index (Phi) is 25.5. The molecule has 0 rings (SSSR count). The van der Waals surface area contributed by atoms with Crippen molar-refractivity contribution in [1.82, 2.24) is 0 Å². The van der Waals surface area contributed by atoms with E-state index in [1.54, 1.807) is 14.2 Å². The van der Waals surface area contributed by atoms with Gasteiger partial charge in [0, 0.05) is 19.6 Å². The molecule has 15 heteroatoms. The summed E-state index contributed by atoms with van der Waals surface area (Å²) in [5.41, 5.74) is -0.326. The van der Waals surface area contributed by atoms with Crippen LogP contribution in [0, 0.1) is 5.41 Å². The van der Waals surface area contributed by atoms with Crippen molar-refractivity contribution in [3.8, 4) is 0 Å². The Balaban J connectivity index is 4.73. The number of methoxy groups -OCH3 is 2. The van der Waals surface area contributed by atoms with Crippen LogP contribution >= 0.6 is 0 Å². The van der Waals surface area contributed by atoms with Crippen LogP contribution in [-0.2, 0) is 37.9 Å². The Morgan fingerprint density at radius 3 is 1.39 bits per heavy atom. The smallest absolute Gasteiger partial charge is 0.104 e. The van der Waals surface area contributed by atoms with Crippen molar-refractivity contribution in [2.75, 3.05) is 113 Å². The van der Waals surface area contributed by atoms with Crippen molar-refractivity contribution in [2.24, 2.45) is 5.41 Å². The molecule has 0 aliphatic carbocycles. The normalized spacial score (nSPS) is 16.8. The highest BCUT2D eigenvalue weighted by molar-refractivity contribution is 4.77. The predicted octanol–water partition coefficient (Wildman–Crippen LogP) is -3.07. The van der Waals surface area contributed by atoms with E-state index in [1.165, 1.54) is 0 Å². The topological polar surface area (TPSA) is 215 Å². The van der Waals surface area contributed by atoms with Crippen LogP contribution in [-0.4, -0.2) is 186 Å². The van der Waals surface area contributed by atoms with E-state index in [9.17, 15) is 25.5 Å². The van der Waals surface area contributed by atoms with Crippen LogP contribution in [0.1, 0.15) is 13.3 Å². The van der Waals surface area contributed by atoms with E-state index in [2.05, 4.69) is 0 Å². The van der Waals surface area contributed by atoms with E-state index in [1.807, 2.05) is 6.92 Å². The molecule has 0 aliphatic heterocycles. The molecule has 0 bridgehead atoms. The molecule has 6 atom stereocenters. The van der Waals surface area contributed by atoms with Crippen molar-refractivity contribution in [3.05, 3.63) is 0 Å². The fourth-order valence-corrected chi connectivity index (χ4v) is 3.46. The lowest BCUT2D eigenvalue weighted by Crippen LogP contribution is -2.38. The first-order valence-electron chi connectivity index (χ1n) is 13.8. The lowest BCUT2D eigenvalue weighted by Gasteiger charge is -2.31. The molecule has 0 radical (unpaired) electrons. The minimum atomic E-state index is -1.09. The molecule has 7 N–H and O–H groups in total. The summed E-state index contributed by atoms with van der Waals surface area (Å²) in [7, 11) is 3.22. The minimum Gasteiger partial charge on any atom is -0.394 e. The average Bonchev–Trinajstić information content (AvgIpc) is 2.96. The van der Waals surface area contributed by atoms with Crippen LogP contribution in [0.15, 0.2) is 0 Å². The van der Waals surface area contributed by atoms with Crippen molar-refractivity contribution in [3.63, 3.8) is 0 Å². The van der Waals surface area contributed by atoms with Crippen molar-refractivity contribution < 1.29 is 73.6 Å². The second-order valence-corrected chi connectivity index (χ2v) is 9.92. The van der Waals surface area contributed by atoms with E-state index in [-0.39, 0.29) is 64.9 Å². The number of rotatable bonds is 30. The second-order valence-electron chi connectivity index (χ2n) is 9.92. The van der Waals surface area contributed by atoms with Gasteiger partial charge in [-0.05, 0) is 6.42 Å². The predicted molar refractivity (Wildman–Crippen MR) is 145 cm³/mol. The van der Waals surface area contributed by atoms with E-state index in [0.717, 1.165) is 6.42 Å². The van der Waals surface area contributed by atoms with Crippen LogP contribution in [0.25, 0.3) is 0 Å². The molecule has 0 saturated carbocycles. The monoisotopic (exact) mass is 606 g/mol. The Bertz CT molecular complexity index is 567. The van der Waals surface area contributed by atoms with Gasteiger partial charge in [0.15, 0.2) is 0 Å². The summed E-state index contributed by atoms with van der Waals surface area (Å²) in [4.78, 5) is 0. The Labute approximate surface area is 242 Å². The van der Waals surface area contributed by atoms with Gasteiger partial charge in [0.25, 0.3) is 0 Å². The highest BCUT2D eigenvalue weighted by Gasteiger charge is 2.29. The van der Waals surface area contributed by atoms with Crippen molar-refractivity contribution >= 4 is 0 Å². The highest BCUT2D eigenvalue weighted by atomic mass is 16.6. The maximum atomic E-state index is 10.3. The Morgan fingerprint density at radius 1 is 0.488 bits per heavy atom. The number of hydrogen-bond donors (Lipinski definition) is 7. The zero-order valence-corrected chi connectivity index (χ0v) is 24.7. The quantitative estimate of drug-likeness (QED) is 0.0432. The Morgan fingerprint density at radius 2 is 0.927 bits per heavy atom. The molecular formula is C26H54O15. The van der Waals surface area contributed by atoms with Gasteiger partial charge in [0.05, 0.1) is 99.1 Å². The number of aliphatic hydroxyl groups is 7. The first-order valence-corrected chi connectivity index (χ1v) is 13.8. The molecular weight excluding hydrogens is 552 g/mol. The van der Waals surface area contributed by atoms with Gasteiger partial charge >= 0.3 is 0 Å². The van der Waals surface area contributed by atoms with Gasteiger partial charge in [0.1, 0.15) is 36.6 Å². The van der Waals surface area contributed by atoms with Crippen molar-refractivity contribution in [2.45, 2.75) is 50.0 Å². The first-order chi connectivity index (χ1) is 19.7. The van der Waals surface area contributed by atoms with Crippen LogP contribution in [0.3, 0.4) is 0 Å². The van der Waals surface area contributed by atoms with Crippen molar-refractivity contribution in [1.29, 1.82) is 0 Å². The van der Waals surface area contributed by atoms with Crippen LogP contribution in [0.5, 0.6) is 0 Å². The standard InChI is InChI=1S/C26H54O15/c1-4-26(17-34-2,18-35-3)19-39-12-23(33)11-38-15-25(41-16-24(7-29)40-13-21(31)6-28)14-37-10-22(32)9-36-8-20(30)5-27/h20-25,27-33H,4-19H2,1-3H3. The van der Waals surface area contributed by atoms with Gasteiger partial charge in [-0.3, -0.25) is 0 Å². The molecule has 0 aromatic heterocycles. The molecule has 0 heterocycles. The summed E-state index contributed by atoms with van der Waals surface area (Å²) < 4.78 is 43.6. The summed E-state index contributed by atoms with van der Waals surface area (Å²) >= 11 is 0. The summed E-state index contributed by atoms with van der Waals surface area (Å²) in [5.74, 6) is 0. The summed E-state index contributed by atoms with van der Waals surface area (Å²) in [5, 5.41) is 66.3. The maximum absolute atomic E-state index is 10.3. The molecule has 41 heavy (non-hydrogen) atoms. The highest BCUT2D eigenvalue weighted by Crippen LogP contribution is 2.23. The molecule has 0 aromatic rings. The van der Waals surface area contributed by atoms with E-state index in [4.69, 9.17) is 48.1 Å². The SMILES string of the molecule is CCC(COC)(COC)COCC(O)COCC(COCC(O)COCC(O)CO)OCC(CO)OCC(O)CO. The Hall–Kier alpha value is -0.600. The molecule has 6 unspecified atom stereocenters. The van der Waals surface area contributed by atoms with E-state index >= 15 is 0 Å². The molecule has 0 fully saturated rings. The first kappa shape index (κ1) is 40.4. The molecule has 248 valence electrons. The van der Waals surface area contributed by atoms with Gasteiger partial charge in [-0.25, -0.2) is 0 Å². The molecule has 15 nitrogen and oxygen atoms in total. The average molecular weight is 607 g/mol. The zero-order valence-electron chi connectivity index (χ0n) is 24.7. The van der Waals surface area contributed by atoms with Gasteiger partial charge in [-0.2, -0.15) is 0 Å². The third-order valence-corrected chi connectivity index (χ3v) is 5.89. The molecule has 0 amide bonds. The number of ether oxygens (including phenoxy) is 8. The summed E-state index contributed by atoms with van der Waals surface area (Å²) in [6.07, 6.45) is -4.74. The van der Waals surface area contributed by atoms with E-state index < -0.39 is 56.4 Å². The van der Waals surface area contributed by atoms with Crippen LogP contribution in [0.4, 0.5) is 0 Å². The molecule has 0 aliphatic rings. The summed E-state index contributed by atoms with van der Waals surface area (Å²) in [6.45, 7) is 1.21. The number of hydrogen-bond acceptors (Lipinski definition) is 15. The number of aliphatic hydroxyl groups excluding tert-OH is 7. The zero-order chi connectivity index (χ0) is 30.9. The molecule has 0 saturated heterocycles. The third-order valence-electron chi connectivity index (χ3n) is 5.89. The van der Waals surface area contributed by atoms with Gasteiger partial charge in [-0.1, -0.05) is 6.92 Å². The lowest BCUT2D eigenvalue weighted by molar-refractivity contribution is -0.127.